The number of amides is 2. The molecule has 2 rings (SSSR count). The Labute approximate surface area is 110 Å². The molecule has 0 unspecified atom stereocenters. The Morgan fingerprint density at radius 1 is 1.37 bits per heavy atom. The first-order valence-corrected chi connectivity index (χ1v) is 6.20. The van der Waals surface area contributed by atoms with E-state index in [1.54, 1.807) is 4.90 Å². The van der Waals surface area contributed by atoms with Crippen molar-refractivity contribution in [3.8, 4) is 0 Å². The highest BCUT2D eigenvalue weighted by Crippen LogP contribution is 2.13. The molecule has 8 nitrogen and oxygen atoms in total. The van der Waals surface area contributed by atoms with Gasteiger partial charge in [0.2, 0.25) is 11.8 Å². The monoisotopic (exact) mass is 266 g/mol. The summed E-state index contributed by atoms with van der Waals surface area (Å²) in [6.07, 6.45) is 0.395. The fourth-order valence-electron chi connectivity index (χ4n) is 2.15. The lowest BCUT2D eigenvalue weighted by Gasteiger charge is -2.29. The van der Waals surface area contributed by atoms with Crippen molar-refractivity contribution in [2.24, 2.45) is 11.5 Å². The number of fused-ring (bicyclic) bond motifs is 1. The van der Waals surface area contributed by atoms with Gasteiger partial charge in [0.25, 0.3) is 0 Å². The van der Waals surface area contributed by atoms with Gasteiger partial charge in [-0.15, -0.1) is 10.2 Å². The Hall–Kier alpha value is -1.96. The number of nitrogens with zero attached hydrogens (tertiary/aromatic N) is 4. The summed E-state index contributed by atoms with van der Waals surface area (Å²) in [6.45, 7) is 3.54. The maximum Gasteiger partial charge on any atom is 0.239 e. The number of carbonyl (C=O) groups is 2. The molecule has 0 bridgehead atoms. The molecule has 1 aromatic heterocycles. The number of aromatic nitrogens is 3. The van der Waals surface area contributed by atoms with Gasteiger partial charge in [-0.3, -0.25) is 9.59 Å². The molecular weight excluding hydrogens is 248 g/mol. The van der Waals surface area contributed by atoms with Crippen LogP contribution in [0.1, 0.15) is 24.5 Å². The summed E-state index contributed by atoms with van der Waals surface area (Å²) in [5.74, 6) is 0.991. The van der Waals surface area contributed by atoms with E-state index in [-0.39, 0.29) is 18.7 Å². The van der Waals surface area contributed by atoms with Crippen molar-refractivity contribution < 1.29 is 9.59 Å². The fraction of sp³-hybridized carbons (Fsp3) is 0.636. The highest BCUT2D eigenvalue weighted by molar-refractivity contribution is 5.82. The third kappa shape index (κ3) is 2.90. The number of hydrogen-bond donors (Lipinski definition) is 2. The average molecular weight is 266 g/mol. The predicted octanol–water partition coefficient (Wildman–Crippen LogP) is -1.48. The summed E-state index contributed by atoms with van der Waals surface area (Å²) < 4.78 is 1.98. The first-order valence-electron chi connectivity index (χ1n) is 6.20. The first kappa shape index (κ1) is 13.5. The molecule has 0 saturated heterocycles. The summed E-state index contributed by atoms with van der Waals surface area (Å²) in [5, 5.41) is 8.01. The van der Waals surface area contributed by atoms with E-state index >= 15 is 0 Å². The number of nitrogens with two attached hydrogens (primary N) is 2. The summed E-state index contributed by atoms with van der Waals surface area (Å²) in [5.41, 5.74) is 10.8. The molecular formula is C11H18N6O2. The van der Waals surface area contributed by atoms with E-state index in [0.29, 0.717) is 19.6 Å². The molecule has 1 atom stereocenters. The van der Waals surface area contributed by atoms with Crippen molar-refractivity contribution in [3.05, 3.63) is 11.6 Å². The predicted molar refractivity (Wildman–Crippen MR) is 66.6 cm³/mol. The second-order valence-electron chi connectivity index (χ2n) is 4.69. The molecule has 0 aromatic carbocycles. The fourth-order valence-corrected chi connectivity index (χ4v) is 2.15. The van der Waals surface area contributed by atoms with Gasteiger partial charge in [0.1, 0.15) is 5.82 Å². The molecule has 0 aliphatic carbocycles. The number of carbonyl (C=O) groups excluding carboxylic acids is 2. The average Bonchev–Trinajstić information content (AvgIpc) is 2.76. The molecule has 1 aliphatic heterocycles. The second kappa shape index (κ2) is 5.35. The van der Waals surface area contributed by atoms with Crippen molar-refractivity contribution in [1.29, 1.82) is 0 Å². The van der Waals surface area contributed by atoms with Crippen LogP contribution in [0.4, 0.5) is 0 Å². The molecule has 0 radical (unpaired) electrons. The van der Waals surface area contributed by atoms with E-state index in [4.69, 9.17) is 11.5 Å². The quantitative estimate of drug-likeness (QED) is 0.688. The SMILES string of the molecule is Cc1nnc2n1CCN(C(=O)[C@@H](N)CCC(N)=O)C2. The maximum atomic E-state index is 12.1. The molecule has 104 valence electrons. The number of hydrogen-bond acceptors (Lipinski definition) is 5. The lowest BCUT2D eigenvalue weighted by Crippen LogP contribution is -2.47. The van der Waals surface area contributed by atoms with Gasteiger partial charge in [0, 0.05) is 19.5 Å². The van der Waals surface area contributed by atoms with Gasteiger partial charge >= 0.3 is 0 Å². The largest absolute Gasteiger partial charge is 0.370 e. The smallest absolute Gasteiger partial charge is 0.239 e. The molecule has 4 N–H and O–H groups in total. The van der Waals surface area contributed by atoms with Crippen molar-refractivity contribution in [2.45, 2.75) is 38.9 Å². The molecule has 0 saturated carbocycles. The Kier molecular flexibility index (Phi) is 3.79. The van der Waals surface area contributed by atoms with E-state index in [2.05, 4.69) is 10.2 Å². The van der Waals surface area contributed by atoms with Gasteiger partial charge in [-0.25, -0.2) is 0 Å². The summed E-state index contributed by atoms with van der Waals surface area (Å²) in [4.78, 5) is 24.5. The minimum absolute atomic E-state index is 0.121. The summed E-state index contributed by atoms with van der Waals surface area (Å²) >= 11 is 0. The van der Waals surface area contributed by atoms with Crippen molar-refractivity contribution >= 4 is 11.8 Å². The van der Waals surface area contributed by atoms with Gasteiger partial charge in [-0.1, -0.05) is 0 Å². The first-order chi connectivity index (χ1) is 8.99. The van der Waals surface area contributed by atoms with Crippen LogP contribution >= 0.6 is 0 Å². The van der Waals surface area contributed by atoms with Crippen LogP contribution < -0.4 is 11.5 Å². The van der Waals surface area contributed by atoms with Crippen LogP contribution in [0.5, 0.6) is 0 Å². The maximum absolute atomic E-state index is 12.1. The van der Waals surface area contributed by atoms with E-state index < -0.39 is 11.9 Å². The highest BCUT2D eigenvalue weighted by atomic mass is 16.2. The van der Waals surface area contributed by atoms with Crippen molar-refractivity contribution in [3.63, 3.8) is 0 Å². The second-order valence-corrected chi connectivity index (χ2v) is 4.69. The third-order valence-corrected chi connectivity index (χ3v) is 3.27. The Balaban J connectivity index is 1.96. The van der Waals surface area contributed by atoms with Crippen molar-refractivity contribution in [2.75, 3.05) is 6.54 Å². The highest BCUT2D eigenvalue weighted by Gasteiger charge is 2.26. The molecule has 1 aliphatic rings. The summed E-state index contributed by atoms with van der Waals surface area (Å²) in [6, 6.07) is -0.692. The van der Waals surface area contributed by atoms with Crippen molar-refractivity contribution in [1.82, 2.24) is 19.7 Å². The number of aryl methyl sites for hydroxylation is 1. The molecule has 2 heterocycles. The standard InChI is InChI=1S/C11H18N6O2/c1-7-14-15-10-6-16(4-5-17(7)10)11(19)8(12)2-3-9(13)18/h8H,2-6,12H2,1H3,(H2,13,18)/t8-/m0/s1. The van der Waals surface area contributed by atoms with Gasteiger partial charge < -0.3 is 20.9 Å². The topological polar surface area (TPSA) is 120 Å². The zero-order valence-electron chi connectivity index (χ0n) is 10.9. The van der Waals surface area contributed by atoms with Gasteiger partial charge in [0.05, 0.1) is 12.6 Å². The number of primary amides is 1. The minimum Gasteiger partial charge on any atom is -0.370 e. The molecule has 0 spiro atoms. The Morgan fingerprint density at radius 2 is 2.11 bits per heavy atom. The molecule has 1 aromatic rings. The van der Waals surface area contributed by atoms with E-state index in [1.165, 1.54) is 0 Å². The normalized spacial score (nSPS) is 16.0. The van der Waals surface area contributed by atoms with Crippen LogP contribution in [0, 0.1) is 6.92 Å². The van der Waals surface area contributed by atoms with E-state index in [0.717, 1.165) is 11.6 Å². The lowest BCUT2D eigenvalue weighted by molar-refractivity contribution is -0.134. The van der Waals surface area contributed by atoms with Gasteiger partial charge in [0.15, 0.2) is 5.82 Å². The van der Waals surface area contributed by atoms with Gasteiger partial charge in [-0.05, 0) is 13.3 Å². The zero-order valence-corrected chi connectivity index (χ0v) is 10.9. The minimum atomic E-state index is -0.692. The Bertz CT molecular complexity index is 497. The van der Waals surface area contributed by atoms with Crippen LogP contribution in [0.2, 0.25) is 0 Å². The van der Waals surface area contributed by atoms with Crippen LogP contribution in [-0.4, -0.2) is 44.1 Å². The molecule has 19 heavy (non-hydrogen) atoms. The van der Waals surface area contributed by atoms with Gasteiger partial charge in [-0.2, -0.15) is 0 Å². The van der Waals surface area contributed by atoms with Crippen LogP contribution in [-0.2, 0) is 22.7 Å². The van der Waals surface area contributed by atoms with Crippen LogP contribution in [0.3, 0.4) is 0 Å². The van der Waals surface area contributed by atoms with E-state index in [1.807, 2.05) is 11.5 Å². The molecule has 8 heteroatoms. The zero-order chi connectivity index (χ0) is 14.0. The van der Waals surface area contributed by atoms with Crippen LogP contribution in [0.15, 0.2) is 0 Å². The summed E-state index contributed by atoms with van der Waals surface area (Å²) in [7, 11) is 0. The molecule has 0 fully saturated rings. The number of rotatable bonds is 4. The van der Waals surface area contributed by atoms with E-state index in [9.17, 15) is 9.59 Å². The molecule has 2 amide bonds. The third-order valence-electron chi connectivity index (χ3n) is 3.27. The Morgan fingerprint density at radius 3 is 2.79 bits per heavy atom. The lowest BCUT2D eigenvalue weighted by atomic mass is 10.1. The van der Waals surface area contributed by atoms with Crippen LogP contribution in [0.25, 0.3) is 0 Å².